The minimum absolute atomic E-state index is 0.00900. The van der Waals surface area contributed by atoms with E-state index < -0.39 is 0 Å². The number of fused-ring (bicyclic) bond motifs is 3. The average Bonchev–Trinajstić information content (AvgIpc) is 3.13. The van der Waals surface area contributed by atoms with Crippen molar-refractivity contribution in [3.05, 3.63) is 30.7 Å². The second-order valence-electron chi connectivity index (χ2n) is 5.31. The van der Waals surface area contributed by atoms with Crippen LogP contribution in [0.4, 0.5) is 5.69 Å². The third-order valence-corrected chi connectivity index (χ3v) is 4.11. The third-order valence-electron chi connectivity index (χ3n) is 4.11. The molecule has 0 spiro atoms. The van der Waals surface area contributed by atoms with Crippen molar-refractivity contribution in [2.45, 2.75) is 31.5 Å². The van der Waals surface area contributed by atoms with Crippen LogP contribution >= 0.6 is 0 Å². The number of carbonyl (C=O) groups excluding carboxylic acids is 1. The Kier molecular flexibility index (Phi) is 2.35. The van der Waals surface area contributed by atoms with Gasteiger partial charge in [0.2, 0.25) is 5.91 Å². The first kappa shape index (κ1) is 11.0. The van der Waals surface area contributed by atoms with Crippen molar-refractivity contribution in [3.63, 3.8) is 0 Å². The Morgan fingerprint density at radius 3 is 3.16 bits per heavy atom. The van der Waals surface area contributed by atoms with Crippen LogP contribution in [0.15, 0.2) is 30.7 Å². The van der Waals surface area contributed by atoms with Crippen LogP contribution in [-0.2, 0) is 9.53 Å². The van der Waals surface area contributed by atoms with E-state index in [2.05, 4.69) is 10.3 Å². The Balaban J connectivity index is 1.52. The normalized spacial score (nSPS) is 28.9. The molecule has 4 rings (SSSR count). The zero-order valence-electron chi connectivity index (χ0n) is 10.5. The summed E-state index contributed by atoms with van der Waals surface area (Å²) in [5, 5.41) is 2.98. The predicted octanol–water partition coefficient (Wildman–Crippen LogP) is 1.84. The molecule has 2 aromatic rings. The van der Waals surface area contributed by atoms with E-state index in [-0.39, 0.29) is 17.9 Å². The Bertz CT molecular complexity index is 636. The van der Waals surface area contributed by atoms with Gasteiger partial charge in [0.05, 0.1) is 18.1 Å². The van der Waals surface area contributed by atoms with Crippen LogP contribution in [-0.4, -0.2) is 27.5 Å². The molecule has 19 heavy (non-hydrogen) atoms. The van der Waals surface area contributed by atoms with E-state index in [0.29, 0.717) is 6.10 Å². The molecular formula is C14H15N3O2. The first-order chi connectivity index (χ1) is 9.29. The lowest BCUT2D eigenvalue weighted by Gasteiger charge is -2.17. The van der Waals surface area contributed by atoms with Gasteiger partial charge in [-0.3, -0.25) is 4.79 Å². The van der Waals surface area contributed by atoms with E-state index >= 15 is 0 Å². The van der Waals surface area contributed by atoms with Crippen LogP contribution in [0, 0.1) is 5.92 Å². The zero-order valence-corrected chi connectivity index (χ0v) is 10.5. The quantitative estimate of drug-likeness (QED) is 0.893. The summed E-state index contributed by atoms with van der Waals surface area (Å²) in [4.78, 5) is 16.5. The topological polar surface area (TPSA) is 55.6 Å². The number of hydrogen-bond donors (Lipinski definition) is 1. The lowest BCUT2D eigenvalue weighted by atomic mass is 9.88. The van der Waals surface area contributed by atoms with Gasteiger partial charge in [0.1, 0.15) is 5.65 Å². The Morgan fingerprint density at radius 2 is 2.37 bits per heavy atom. The largest absolute Gasteiger partial charge is 0.374 e. The maximum Gasteiger partial charge on any atom is 0.230 e. The van der Waals surface area contributed by atoms with Crippen LogP contribution in [0.3, 0.4) is 0 Å². The predicted molar refractivity (Wildman–Crippen MR) is 69.8 cm³/mol. The summed E-state index contributed by atoms with van der Waals surface area (Å²) in [7, 11) is 0. The number of nitrogens with one attached hydrogen (secondary N) is 1. The molecule has 2 aliphatic heterocycles. The van der Waals surface area contributed by atoms with Gasteiger partial charge in [-0.05, 0) is 25.3 Å². The lowest BCUT2D eigenvalue weighted by Crippen LogP contribution is -2.30. The standard InChI is InChI=1S/C14H15N3O2/c18-14(11-8-10-1-2-12(11)19-10)16-9-3-5-17-6-4-15-13(17)7-9/h3-7,10-12H,1-2,8H2,(H,16,18)/t10-,11-,12+/m1/s1. The minimum atomic E-state index is 0.00900. The number of ether oxygens (including phenoxy) is 1. The Labute approximate surface area is 110 Å². The molecule has 5 heteroatoms. The number of carbonyl (C=O) groups is 1. The van der Waals surface area contributed by atoms with E-state index in [0.717, 1.165) is 30.6 Å². The van der Waals surface area contributed by atoms with Crippen molar-refractivity contribution < 1.29 is 9.53 Å². The molecule has 1 amide bonds. The molecule has 2 aliphatic rings. The van der Waals surface area contributed by atoms with Gasteiger partial charge in [-0.1, -0.05) is 0 Å². The van der Waals surface area contributed by atoms with Crippen molar-refractivity contribution in [2.24, 2.45) is 5.92 Å². The minimum Gasteiger partial charge on any atom is -0.374 e. The van der Waals surface area contributed by atoms with Gasteiger partial charge in [-0.2, -0.15) is 0 Å². The summed E-state index contributed by atoms with van der Waals surface area (Å²) in [5.41, 5.74) is 1.63. The monoisotopic (exact) mass is 257 g/mol. The highest BCUT2D eigenvalue weighted by Gasteiger charge is 2.44. The fourth-order valence-corrected chi connectivity index (χ4v) is 3.14. The van der Waals surface area contributed by atoms with Crippen LogP contribution in [0.2, 0.25) is 0 Å². The SMILES string of the molecule is O=C(Nc1ccn2ccnc2c1)[C@@H]1C[C@H]2CC[C@@H]1O2. The molecular weight excluding hydrogens is 242 g/mol. The molecule has 0 aromatic carbocycles. The van der Waals surface area contributed by atoms with Crippen LogP contribution in [0.25, 0.3) is 5.65 Å². The van der Waals surface area contributed by atoms with Gasteiger partial charge >= 0.3 is 0 Å². The molecule has 2 fully saturated rings. The molecule has 0 radical (unpaired) electrons. The lowest BCUT2D eigenvalue weighted by molar-refractivity contribution is -0.121. The highest BCUT2D eigenvalue weighted by Crippen LogP contribution is 2.39. The first-order valence-electron chi connectivity index (χ1n) is 6.69. The second-order valence-corrected chi connectivity index (χ2v) is 5.31. The van der Waals surface area contributed by atoms with Gasteiger partial charge in [0, 0.05) is 30.3 Å². The summed E-state index contributed by atoms with van der Waals surface area (Å²) in [6.07, 6.45) is 8.93. The third kappa shape index (κ3) is 1.81. The van der Waals surface area contributed by atoms with E-state index in [1.165, 1.54) is 0 Å². The van der Waals surface area contributed by atoms with Crippen LogP contribution < -0.4 is 5.32 Å². The maximum absolute atomic E-state index is 12.3. The number of anilines is 1. The number of amides is 1. The van der Waals surface area contributed by atoms with Crippen molar-refractivity contribution >= 4 is 17.2 Å². The molecule has 0 aliphatic carbocycles. The molecule has 1 N–H and O–H groups in total. The van der Waals surface area contributed by atoms with E-state index in [9.17, 15) is 4.79 Å². The summed E-state index contributed by atoms with van der Waals surface area (Å²) in [6.45, 7) is 0. The smallest absolute Gasteiger partial charge is 0.230 e. The number of pyridine rings is 1. The summed E-state index contributed by atoms with van der Waals surface area (Å²) >= 11 is 0. The zero-order chi connectivity index (χ0) is 12.8. The molecule has 4 heterocycles. The summed E-state index contributed by atoms with van der Waals surface area (Å²) in [5.74, 6) is 0.0813. The average molecular weight is 257 g/mol. The first-order valence-corrected chi connectivity index (χ1v) is 6.69. The van der Waals surface area contributed by atoms with Crippen molar-refractivity contribution in [3.8, 4) is 0 Å². The molecule has 2 aromatic heterocycles. The van der Waals surface area contributed by atoms with Gasteiger partial charge in [-0.15, -0.1) is 0 Å². The van der Waals surface area contributed by atoms with Crippen LogP contribution in [0.5, 0.6) is 0 Å². The van der Waals surface area contributed by atoms with E-state index in [1.54, 1.807) is 6.20 Å². The molecule has 2 saturated heterocycles. The fourth-order valence-electron chi connectivity index (χ4n) is 3.14. The molecule has 0 unspecified atom stereocenters. The second kappa shape index (κ2) is 4.06. The number of hydrogen-bond acceptors (Lipinski definition) is 3. The highest BCUT2D eigenvalue weighted by molar-refractivity contribution is 5.93. The number of aromatic nitrogens is 2. The van der Waals surface area contributed by atoms with Gasteiger partial charge in [0.15, 0.2) is 0 Å². The van der Waals surface area contributed by atoms with Crippen molar-refractivity contribution in [1.29, 1.82) is 0 Å². The van der Waals surface area contributed by atoms with Gasteiger partial charge in [-0.25, -0.2) is 4.98 Å². The number of rotatable bonds is 2. The number of nitrogens with zero attached hydrogens (tertiary/aromatic N) is 2. The van der Waals surface area contributed by atoms with Gasteiger partial charge < -0.3 is 14.5 Å². The van der Waals surface area contributed by atoms with Gasteiger partial charge in [0.25, 0.3) is 0 Å². The number of imidazole rings is 1. The Hall–Kier alpha value is -1.88. The van der Waals surface area contributed by atoms with E-state index in [1.807, 2.05) is 28.9 Å². The summed E-state index contributed by atoms with van der Waals surface area (Å²) in [6, 6.07) is 3.77. The van der Waals surface area contributed by atoms with Crippen molar-refractivity contribution in [2.75, 3.05) is 5.32 Å². The van der Waals surface area contributed by atoms with Crippen molar-refractivity contribution in [1.82, 2.24) is 9.38 Å². The molecule has 0 saturated carbocycles. The molecule has 3 atom stereocenters. The molecule has 98 valence electrons. The maximum atomic E-state index is 12.3. The fraction of sp³-hybridized carbons (Fsp3) is 0.429. The molecule has 5 nitrogen and oxygen atoms in total. The summed E-state index contributed by atoms with van der Waals surface area (Å²) < 4.78 is 7.64. The molecule has 2 bridgehead atoms. The Morgan fingerprint density at radius 1 is 1.42 bits per heavy atom. The highest BCUT2D eigenvalue weighted by atomic mass is 16.5. The van der Waals surface area contributed by atoms with Crippen LogP contribution in [0.1, 0.15) is 19.3 Å². The van der Waals surface area contributed by atoms with E-state index in [4.69, 9.17) is 4.74 Å².